The molecule has 1 heterocycles. The maximum absolute atomic E-state index is 11.8. The third-order valence-electron chi connectivity index (χ3n) is 3.75. The Balaban J connectivity index is 1.94. The van der Waals surface area contributed by atoms with Crippen LogP contribution in [0, 0.1) is 11.3 Å². The molecule has 0 bridgehead atoms. The van der Waals surface area contributed by atoms with Gasteiger partial charge in [-0.15, -0.1) is 0 Å². The van der Waals surface area contributed by atoms with Crippen molar-refractivity contribution in [2.75, 3.05) is 56.1 Å². The van der Waals surface area contributed by atoms with Crippen molar-refractivity contribution < 1.29 is 5.11 Å². The largest absolute Gasteiger partial charge is 0.396 e. The fourth-order valence-corrected chi connectivity index (χ4v) is 2.54. The van der Waals surface area contributed by atoms with Gasteiger partial charge >= 0.3 is 0 Å². The minimum Gasteiger partial charge on any atom is -0.396 e. The maximum Gasteiger partial charge on any atom is 0.253 e. The Bertz CT molecular complexity index is 578. The van der Waals surface area contributed by atoms with Crippen LogP contribution in [0.2, 0.25) is 0 Å². The van der Waals surface area contributed by atoms with E-state index < -0.39 is 10.9 Å². The van der Waals surface area contributed by atoms with E-state index in [2.05, 4.69) is 16.3 Å². The normalized spacial score (nSPS) is 16.1. The van der Waals surface area contributed by atoms with Crippen molar-refractivity contribution in [1.29, 1.82) is 5.26 Å². The third-order valence-corrected chi connectivity index (χ3v) is 3.75. The first kappa shape index (κ1) is 15.5. The van der Waals surface area contributed by atoms with Gasteiger partial charge in [-0.1, -0.05) is 0 Å². The molecule has 0 radical (unpaired) electrons. The number of rotatable bonds is 7. The molecule has 21 heavy (non-hydrogen) atoms. The Morgan fingerprint density at radius 2 is 1.90 bits per heavy atom. The van der Waals surface area contributed by atoms with Crippen molar-refractivity contribution in [3.63, 3.8) is 0 Å². The number of hydrogen-bond acceptors (Lipinski definition) is 7. The molecule has 114 valence electrons. The molecule has 7 heteroatoms. The van der Waals surface area contributed by atoms with E-state index >= 15 is 0 Å². The molecule has 1 aliphatic heterocycles. The fourth-order valence-electron chi connectivity index (χ4n) is 2.54. The molecule has 1 aromatic carbocycles. The summed E-state index contributed by atoms with van der Waals surface area (Å²) >= 11 is 0. The lowest BCUT2D eigenvalue weighted by Crippen LogP contribution is -2.51. The standard InChI is InChI=1S/C14H20N4O3/c15-3-1-5-17-6-8-18(9-7-17)12-11(13(20)14(12)21)16-4-2-10-19/h16,19H,1-2,4-10H2. The highest BCUT2D eigenvalue weighted by Gasteiger charge is 2.28. The summed E-state index contributed by atoms with van der Waals surface area (Å²) in [4.78, 5) is 27.5. The van der Waals surface area contributed by atoms with E-state index in [1.54, 1.807) is 0 Å². The molecule has 0 saturated carbocycles. The van der Waals surface area contributed by atoms with Gasteiger partial charge in [-0.25, -0.2) is 0 Å². The van der Waals surface area contributed by atoms with Crippen LogP contribution in [0.3, 0.4) is 0 Å². The van der Waals surface area contributed by atoms with Gasteiger partial charge in [0, 0.05) is 52.3 Å². The van der Waals surface area contributed by atoms with Gasteiger partial charge in [0.25, 0.3) is 10.9 Å². The number of piperazine rings is 1. The Morgan fingerprint density at radius 3 is 2.52 bits per heavy atom. The van der Waals surface area contributed by atoms with E-state index in [1.165, 1.54) is 0 Å². The number of aliphatic hydroxyl groups is 1. The zero-order valence-corrected chi connectivity index (χ0v) is 12.0. The Labute approximate surface area is 123 Å². The summed E-state index contributed by atoms with van der Waals surface area (Å²) in [5.41, 5.74) is -0.0152. The van der Waals surface area contributed by atoms with Crippen molar-refractivity contribution in [3.8, 4) is 6.07 Å². The van der Waals surface area contributed by atoms with Crippen LogP contribution in [0.15, 0.2) is 9.59 Å². The molecule has 0 unspecified atom stereocenters. The molecule has 0 amide bonds. The molecule has 1 aliphatic rings. The molecule has 2 rings (SSSR count). The second-order valence-electron chi connectivity index (χ2n) is 5.12. The van der Waals surface area contributed by atoms with E-state index in [9.17, 15) is 9.59 Å². The molecule has 0 atom stereocenters. The number of aliphatic hydroxyl groups excluding tert-OH is 1. The molecule has 7 nitrogen and oxygen atoms in total. The monoisotopic (exact) mass is 292 g/mol. The zero-order valence-electron chi connectivity index (χ0n) is 12.0. The van der Waals surface area contributed by atoms with Gasteiger partial charge in [-0.05, 0) is 6.42 Å². The van der Waals surface area contributed by atoms with E-state index in [0.717, 1.165) is 19.6 Å². The lowest BCUT2D eigenvalue weighted by Gasteiger charge is -2.36. The molecule has 2 N–H and O–H groups in total. The van der Waals surface area contributed by atoms with Gasteiger partial charge in [-0.3, -0.25) is 14.5 Å². The van der Waals surface area contributed by atoms with Gasteiger partial charge in [0.2, 0.25) is 0 Å². The Kier molecular flexibility index (Phi) is 5.31. The van der Waals surface area contributed by atoms with E-state index in [4.69, 9.17) is 10.4 Å². The van der Waals surface area contributed by atoms with Crippen molar-refractivity contribution in [3.05, 3.63) is 20.4 Å². The third kappa shape index (κ3) is 3.40. The van der Waals surface area contributed by atoms with Crippen molar-refractivity contribution in [2.45, 2.75) is 12.8 Å². The summed E-state index contributed by atoms with van der Waals surface area (Å²) in [6, 6.07) is 2.13. The summed E-state index contributed by atoms with van der Waals surface area (Å²) in [5.74, 6) is 0. The maximum atomic E-state index is 11.8. The number of nitrogens with one attached hydrogen (secondary N) is 1. The highest BCUT2D eigenvalue weighted by atomic mass is 16.3. The van der Waals surface area contributed by atoms with Gasteiger partial charge < -0.3 is 15.3 Å². The molecule has 0 aliphatic carbocycles. The smallest absolute Gasteiger partial charge is 0.253 e. The first-order valence-corrected chi connectivity index (χ1v) is 7.21. The van der Waals surface area contributed by atoms with Crippen molar-refractivity contribution in [1.82, 2.24) is 4.90 Å². The van der Waals surface area contributed by atoms with Crippen LogP contribution in [0.5, 0.6) is 0 Å². The Hall–Kier alpha value is -1.91. The molecule has 1 saturated heterocycles. The number of nitrogens with zero attached hydrogens (tertiary/aromatic N) is 3. The summed E-state index contributed by atoms with van der Waals surface area (Å²) in [5, 5.41) is 20.3. The minimum absolute atomic E-state index is 0.0509. The first-order valence-electron chi connectivity index (χ1n) is 7.21. The van der Waals surface area contributed by atoms with Gasteiger partial charge in [0.1, 0.15) is 11.4 Å². The summed E-state index contributed by atoms with van der Waals surface area (Å²) in [7, 11) is 0. The van der Waals surface area contributed by atoms with Gasteiger partial charge in [0.05, 0.1) is 6.07 Å². The molecular weight excluding hydrogens is 272 g/mol. The van der Waals surface area contributed by atoms with Crippen LogP contribution in [-0.2, 0) is 0 Å². The molecule has 0 aromatic heterocycles. The molecular formula is C14H20N4O3. The van der Waals surface area contributed by atoms with Gasteiger partial charge in [-0.2, -0.15) is 5.26 Å². The average Bonchev–Trinajstić information content (AvgIpc) is 2.52. The molecule has 0 spiro atoms. The first-order chi connectivity index (χ1) is 10.2. The van der Waals surface area contributed by atoms with Crippen LogP contribution < -0.4 is 21.1 Å². The lowest BCUT2D eigenvalue weighted by atomic mass is 10.1. The van der Waals surface area contributed by atoms with Crippen molar-refractivity contribution in [2.24, 2.45) is 0 Å². The second kappa shape index (κ2) is 7.20. The number of nitriles is 1. The highest BCUT2D eigenvalue weighted by Crippen LogP contribution is 2.21. The summed E-state index contributed by atoms with van der Waals surface area (Å²) in [6.45, 7) is 4.23. The van der Waals surface area contributed by atoms with Gasteiger partial charge in [0.15, 0.2) is 0 Å². The predicted molar refractivity (Wildman–Crippen MR) is 80.4 cm³/mol. The van der Waals surface area contributed by atoms with E-state index in [1.807, 2.05) is 4.90 Å². The average molecular weight is 292 g/mol. The topological polar surface area (TPSA) is 96.7 Å². The zero-order chi connectivity index (χ0) is 15.2. The van der Waals surface area contributed by atoms with Crippen LogP contribution in [0.1, 0.15) is 12.8 Å². The quantitative estimate of drug-likeness (QED) is 0.497. The predicted octanol–water partition coefficient (Wildman–Crippen LogP) is -0.887. The number of hydrogen-bond donors (Lipinski definition) is 2. The van der Waals surface area contributed by atoms with Crippen LogP contribution in [0.4, 0.5) is 11.4 Å². The van der Waals surface area contributed by atoms with Crippen molar-refractivity contribution >= 4 is 11.4 Å². The van der Waals surface area contributed by atoms with E-state index in [-0.39, 0.29) is 6.61 Å². The summed E-state index contributed by atoms with van der Waals surface area (Å²) < 4.78 is 0. The van der Waals surface area contributed by atoms with Crippen LogP contribution in [-0.4, -0.2) is 55.9 Å². The Morgan fingerprint density at radius 1 is 1.19 bits per heavy atom. The highest BCUT2D eigenvalue weighted by molar-refractivity contribution is 5.75. The lowest BCUT2D eigenvalue weighted by molar-refractivity contribution is 0.263. The fraction of sp³-hybridized carbons (Fsp3) is 0.643. The minimum atomic E-state index is -0.463. The van der Waals surface area contributed by atoms with Crippen LogP contribution >= 0.6 is 0 Å². The number of anilines is 2. The SMILES string of the molecule is N#CCCN1CCN(c2c(NCCCO)c(=O)c2=O)CC1. The summed E-state index contributed by atoms with van der Waals surface area (Å²) in [6.07, 6.45) is 1.05. The van der Waals surface area contributed by atoms with Crippen LogP contribution in [0.25, 0.3) is 0 Å². The molecule has 1 aromatic rings. The second-order valence-corrected chi connectivity index (χ2v) is 5.12. The van der Waals surface area contributed by atoms with E-state index in [0.29, 0.717) is 43.9 Å². The molecule has 1 fully saturated rings.